The largest absolute Gasteiger partial charge is 0.489 e. The van der Waals surface area contributed by atoms with Crippen LogP contribution in [-0.4, -0.2) is 33.3 Å². The van der Waals surface area contributed by atoms with Gasteiger partial charge in [0.25, 0.3) is 5.91 Å². The molecule has 1 N–H and O–H groups in total. The fraction of sp³-hybridized carbons (Fsp3) is 0.231. The van der Waals surface area contributed by atoms with Crippen LogP contribution in [0.4, 0.5) is 5.69 Å². The molecule has 0 saturated carbocycles. The summed E-state index contributed by atoms with van der Waals surface area (Å²) in [5.41, 5.74) is 6.79. The number of nitrogens with zero attached hydrogens (tertiary/aromatic N) is 2. The van der Waals surface area contributed by atoms with Crippen LogP contribution >= 0.6 is 0 Å². The molecule has 34 heavy (non-hydrogen) atoms. The minimum Gasteiger partial charge on any atom is -0.489 e. The number of carbonyl (C=O) groups is 1. The molecule has 3 aromatic rings. The van der Waals surface area contributed by atoms with Crippen molar-refractivity contribution in [1.82, 2.24) is 5.43 Å². The number of carbonyl (C=O) groups excluding carboxylic acids is 1. The number of hydrogen-bond donors (Lipinski definition) is 1. The first-order valence-corrected chi connectivity index (χ1v) is 12.8. The number of ether oxygens (including phenoxy) is 1. The number of anilines is 1. The highest BCUT2D eigenvalue weighted by molar-refractivity contribution is 7.92. The van der Waals surface area contributed by atoms with E-state index in [2.05, 4.69) is 10.5 Å². The zero-order valence-electron chi connectivity index (χ0n) is 19.6. The summed E-state index contributed by atoms with van der Waals surface area (Å²) in [5.74, 6) is 0.186. The summed E-state index contributed by atoms with van der Waals surface area (Å²) in [6.07, 6.45) is 3.22. The maximum absolute atomic E-state index is 12.4. The Kier molecular flexibility index (Phi) is 8.43. The van der Waals surface area contributed by atoms with Crippen molar-refractivity contribution in [3.63, 3.8) is 0 Å². The Morgan fingerprint density at radius 1 is 1.03 bits per heavy atom. The topological polar surface area (TPSA) is 88.1 Å². The average Bonchev–Trinajstić information content (AvgIpc) is 2.82. The van der Waals surface area contributed by atoms with Gasteiger partial charge in [0.1, 0.15) is 18.9 Å². The second-order valence-corrected chi connectivity index (χ2v) is 9.80. The molecule has 3 rings (SSSR count). The van der Waals surface area contributed by atoms with E-state index in [1.165, 1.54) is 11.8 Å². The Morgan fingerprint density at radius 2 is 1.71 bits per heavy atom. The molecule has 7 nitrogen and oxygen atoms in total. The van der Waals surface area contributed by atoms with E-state index in [9.17, 15) is 13.2 Å². The minimum absolute atomic E-state index is 0.362. The van der Waals surface area contributed by atoms with E-state index in [1.807, 2.05) is 74.5 Å². The molecule has 0 aliphatic heterocycles. The summed E-state index contributed by atoms with van der Waals surface area (Å²) in [5, 5.41) is 3.96. The highest BCUT2D eigenvalue weighted by Crippen LogP contribution is 2.23. The second kappa shape index (κ2) is 11.5. The van der Waals surface area contributed by atoms with Gasteiger partial charge in [-0.2, -0.15) is 5.10 Å². The van der Waals surface area contributed by atoms with Crippen molar-refractivity contribution in [1.29, 1.82) is 0 Å². The molecule has 0 aromatic heterocycles. The molecule has 0 unspecified atom stereocenters. The van der Waals surface area contributed by atoms with Crippen molar-refractivity contribution in [2.45, 2.75) is 26.9 Å². The van der Waals surface area contributed by atoms with Gasteiger partial charge in [-0.05, 0) is 60.4 Å². The van der Waals surface area contributed by atoms with Crippen LogP contribution in [0.15, 0.2) is 77.9 Å². The molecule has 0 aliphatic rings. The van der Waals surface area contributed by atoms with Crippen molar-refractivity contribution >= 4 is 27.8 Å². The van der Waals surface area contributed by atoms with Gasteiger partial charge in [0.2, 0.25) is 10.0 Å². The van der Waals surface area contributed by atoms with Crippen molar-refractivity contribution in [3.8, 4) is 5.75 Å². The lowest BCUT2D eigenvalue weighted by Crippen LogP contribution is -2.39. The molecule has 0 bridgehead atoms. The fourth-order valence-corrected chi connectivity index (χ4v) is 4.17. The van der Waals surface area contributed by atoms with Gasteiger partial charge in [-0.15, -0.1) is 0 Å². The molecule has 0 atom stereocenters. The maximum Gasteiger partial charge on any atom is 0.260 e. The summed E-state index contributed by atoms with van der Waals surface area (Å²) < 4.78 is 31.5. The highest BCUT2D eigenvalue weighted by Gasteiger charge is 2.22. The van der Waals surface area contributed by atoms with Gasteiger partial charge in [-0.3, -0.25) is 9.10 Å². The highest BCUT2D eigenvalue weighted by atomic mass is 32.2. The van der Waals surface area contributed by atoms with E-state index in [4.69, 9.17) is 4.74 Å². The molecular weight excluding hydrogens is 450 g/mol. The molecule has 1 amide bonds. The monoisotopic (exact) mass is 479 g/mol. The second-order valence-electron chi connectivity index (χ2n) is 7.89. The number of hydrogen-bond acceptors (Lipinski definition) is 5. The molecular formula is C26H29N3O4S. The predicted octanol–water partition coefficient (Wildman–Crippen LogP) is 4.05. The molecule has 0 radical (unpaired) electrons. The SMILES string of the molecule is CCc1ccccc1N(CC(=O)N/N=C\c1ccc(OCc2ccc(C)cc2)cc1)S(C)(=O)=O. The number of rotatable bonds is 10. The average molecular weight is 480 g/mol. The van der Waals surface area contributed by atoms with Gasteiger partial charge in [0.15, 0.2) is 0 Å². The predicted molar refractivity (Wildman–Crippen MR) is 136 cm³/mol. The van der Waals surface area contributed by atoms with Crippen molar-refractivity contribution in [2.24, 2.45) is 5.10 Å². The lowest BCUT2D eigenvalue weighted by Gasteiger charge is -2.23. The first kappa shape index (κ1) is 25.0. The van der Waals surface area contributed by atoms with E-state index in [0.717, 1.165) is 33.0 Å². The van der Waals surface area contributed by atoms with Crippen molar-refractivity contribution in [3.05, 3.63) is 95.1 Å². The van der Waals surface area contributed by atoms with Crippen molar-refractivity contribution in [2.75, 3.05) is 17.1 Å². The molecule has 3 aromatic carbocycles. The van der Waals surface area contributed by atoms with Crippen molar-refractivity contribution < 1.29 is 17.9 Å². The number of benzene rings is 3. The maximum atomic E-state index is 12.4. The van der Waals surface area contributed by atoms with Crippen LogP contribution in [0.25, 0.3) is 0 Å². The van der Waals surface area contributed by atoms with Crippen LogP contribution in [0.5, 0.6) is 5.75 Å². The van der Waals surface area contributed by atoms with Crippen LogP contribution in [0.3, 0.4) is 0 Å². The van der Waals surface area contributed by atoms with Gasteiger partial charge in [-0.1, -0.05) is 55.0 Å². The van der Waals surface area contributed by atoms with E-state index >= 15 is 0 Å². The minimum atomic E-state index is -3.65. The number of amides is 1. The van der Waals surface area contributed by atoms with Gasteiger partial charge >= 0.3 is 0 Å². The van der Waals surface area contributed by atoms with Crippen LogP contribution in [0.2, 0.25) is 0 Å². The van der Waals surface area contributed by atoms with Crippen LogP contribution in [0.1, 0.15) is 29.2 Å². The smallest absolute Gasteiger partial charge is 0.260 e. The number of nitrogens with one attached hydrogen (secondary N) is 1. The van der Waals surface area contributed by atoms with E-state index in [-0.39, 0.29) is 6.54 Å². The van der Waals surface area contributed by atoms with Gasteiger partial charge in [0, 0.05) is 0 Å². The summed E-state index contributed by atoms with van der Waals surface area (Å²) in [6.45, 7) is 4.09. The van der Waals surface area contributed by atoms with E-state index in [1.54, 1.807) is 12.1 Å². The third-order valence-corrected chi connectivity index (χ3v) is 6.26. The molecule has 0 saturated heterocycles. The molecule has 0 heterocycles. The first-order chi connectivity index (χ1) is 16.3. The van der Waals surface area contributed by atoms with Gasteiger partial charge in [0.05, 0.1) is 18.2 Å². The van der Waals surface area contributed by atoms with E-state index < -0.39 is 15.9 Å². The zero-order valence-corrected chi connectivity index (χ0v) is 20.4. The Morgan fingerprint density at radius 3 is 2.35 bits per heavy atom. The molecule has 0 fully saturated rings. The fourth-order valence-electron chi connectivity index (χ4n) is 3.28. The Bertz CT molecular complexity index is 1240. The van der Waals surface area contributed by atoms with Gasteiger partial charge in [-0.25, -0.2) is 13.8 Å². The number of sulfonamides is 1. The molecule has 8 heteroatoms. The lowest BCUT2D eigenvalue weighted by atomic mass is 10.1. The third-order valence-electron chi connectivity index (χ3n) is 5.14. The van der Waals surface area contributed by atoms with Crippen LogP contribution in [0, 0.1) is 6.92 Å². The molecule has 0 aliphatic carbocycles. The quantitative estimate of drug-likeness (QED) is 0.351. The lowest BCUT2D eigenvalue weighted by molar-refractivity contribution is -0.119. The summed E-state index contributed by atoms with van der Waals surface area (Å²) >= 11 is 0. The molecule has 178 valence electrons. The van der Waals surface area contributed by atoms with Crippen LogP contribution in [-0.2, 0) is 27.8 Å². The Labute approximate surface area is 201 Å². The normalized spacial score (nSPS) is 11.4. The number of para-hydroxylation sites is 1. The summed E-state index contributed by atoms with van der Waals surface area (Å²) in [4.78, 5) is 12.4. The van der Waals surface area contributed by atoms with Gasteiger partial charge < -0.3 is 4.74 Å². The number of hydrazone groups is 1. The molecule has 0 spiro atoms. The first-order valence-electron chi connectivity index (χ1n) is 10.9. The number of aryl methyl sites for hydroxylation is 2. The summed E-state index contributed by atoms with van der Waals surface area (Å²) in [6, 6.07) is 22.6. The standard InChI is InChI=1S/C26H29N3O4S/c1-4-23-7-5-6-8-25(23)29(34(3,31)32)18-26(30)28-27-17-21-13-15-24(16-14-21)33-19-22-11-9-20(2)10-12-22/h5-17H,4,18-19H2,1-3H3,(H,28,30)/b27-17-. The zero-order chi connectivity index (χ0) is 24.6. The summed E-state index contributed by atoms with van der Waals surface area (Å²) in [7, 11) is -3.65. The van der Waals surface area contributed by atoms with Crippen LogP contribution < -0.4 is 14.5 Å². The van der Waals surface area contributed by atoms with E-state index in [0.29, 0.717) is 18.7 Å². The Balaban J connectivity index is 1.56. The third kappa shape index (κ3) is 7.18. The Hall–Kier alpha value is -3.65.